The molecule has 0 aromatic heterocycles. The van der Waals surface area contributed by atoms with Crippen LogP contribution in [0.3, 0.4) is 0 Å². The third kappa shape index (κ3) is 2.91. The van der Waals surface area contributed by atoms with Crippen molar-refractivity contribution in [2.75, 3.05) is 21.3 Å². The number of aliphatic carboxylic acids is 1. The molecule has 0 spiro atoms. The van der Waals surface area contributed by atoms with Gasteiger partial charge in [-0.25, -0.2) is 4.79 Å². The molecule has 0 radical (unpaired) electrons. The zero-order valence-electron chi connectivity index (χ0n) is 10.5. The summed E-state index contributed by atoms with van der Waals surface area (Å²) in [4.78, 5) is 10.9. The Morgan fingerprint density at radius 2 is 1.94 bits per heavy atom. The third-order valence-electron chi connectivity index (χ3n) is 2.44. The number of methoxy groups -OCH3 is 3. The number of ether oxygens (including phenoxy) is 3. The van der Waals surface area contributed by atoms with E-state index in [2.05, 4.69) is 0 Å². The predicted molar refractivity (Wildman–Crippen MR) is 62.9 cm³/mol. The molecule has 0 bridgehead atoms. The van der Waals surface area contributed by atoms with E-state index < -0.39 is 12.1 Å². The highest BCUT2D eigenvalue weighted by molar-refractivity contribution is 5.76. The zero-order valence-corrected chi connectivity index (χ0v) is 10.5. The van der Waals surface area contributed by atoms with E-state index >= 15 is 0 Å². The monoisotopic (exact) mass is 256 g/mol. The highest BCUT2D eigenvalue weighted by Crippen LogP contribution is 2.34. The summed E-state index contributed by atoms with van der Waals surface area (Å²) < 4.78 is 15.2. The Hall–Kier alpha value is -1.79. The SMILES string of the molecule is COCc1cc(OC)cc(C(O)C(=O)O)c1OC. The van der Waals surface area contributed by atoms with E-state index in [9.17, 15) is 9.90 Å². The van der Waals surface area contributed by atoms with Gasteiger partial charge in [0.15, 0.2) is 6.10 Å². The van der Waals surface area contributed by atoms with Gasteiger partial charge >= 0.3 is 5.97 Å². The standard InChI is InChI=1S/C12H16O6/c1-16-6-7-4-8(17-2)5-9(11(7)18-3)10(13)12(14)15/h4-5,10,13H,6H2,1-3H3,(H,14,15). The number of rotatable bonds is 6. The van der Waals surface area contributed by atoms with E-state index in [1.807, 2.05) is 0 Å². The van der Waals surface area contributed by atoms with Crippen LogP contribution < -0.4 is 9.47 Å². The molecule has 0 aliphatic heterocycles. The summed E-state index contributed by atoms with van der Waals surface area (Å²) in [7, 11) is 4.36. The first kappa shape index (κ1) is 14.3. The number of aliphatic hydroxyl groups is 1. The molecule has 1 aromatic rings. The van der Waals surface area contributed by atoms with E-state index in [-0.39, 0.29) is 17.9 Å². The van der Waals surface area contributed by atoms with Crippen molar-refractivity contribution >= 4 is 5.97 Å². The first-order chi connectivity index (χ1) is 8.54. The fourth-order valence-corrected chi connectivity index (χ4v) is 1.65. The average Bonchev–Trinajstić information content (AvgIpc) is 2.37. The molecule has 6 nitrogen and oxygen atoms in total. The Labute approximate surface area is 105 Å². The van der Waals surface area contributed by atoms with Crippen molar-refractivity contribution in [3.8, 4) is 11.5 Å². The molecule has 0 saturated carbocycles. The van der Waals surface area contributed by atoms with Gasteiger partial charge in [-0.1, -0.05) is 0 Å². The van der Waals surface area contributed by atoms with Crippen LogP contribution >= 0.6 is 0 Å². The van der Waals surface area contributed by atoms with Crippen LogP contribution in [-0.2, 0) is 16.1 Å². The first-order valence-electron chi connectivity index (χ1n) is 5.19. The van der Waals surface area contributed by atoms with Crippen LogP contribution in [0.15, 0.2) is 12.1 Å². The molecule has 1 unspecified atom stereocenters. The highest BCUT2D eigenvalue weighted by Gasteiger charge is 2.23. The summed E-state index contributed by atoms with van der Waals surface area (Å²) in [5.74, 6) is -0.643. The second-order valence-electron chi connectivity index (χ2n) is 3.58. The fourth-order valence-electron chi connectivity index (χ4n) is 1.65. The molecule has 0 heterocycles. The molecular formula is C12H16O6. The third-order valence-corrected chi connectivity index (χ3v) is 2.44. The number of carboxylic acids is 1. The summed E-state index contributed by atoms with van der Waals surface area (Å²) in [6, 6.07) is 3.09. The lowest BCUT2D eigenvalue weighted by Crippen LogP contribution is -2.13. The molecule has 18 heavy (non-hydrogen) atoms. The summed E-state index contributed by atoms with van der Waals surface area (Å²) in [5.41, 5.74) is 0.742. The second-order valence-corrected chi connectivity index (χ2v) is 3.58. The molecule has 100 valence electrons. The second kappa shape index (κ2) is 6.23. The molecule has 0 amide bonds. The predicted octanol–water partition coefficient (Wildman–Crippen LogP) is 0.968. The van der Waals surface area contributed by atoms with Crippen molar-refractivity contribution in [3.05, 3.63) is 23.3 Å². The molecule has 0 fully saturated rings. The van der Waals surface area contributed by atoms with Crippen LogP contribution in [0.5, 0.6) is 11.5 Å². The Bertz CT molecular complexity index is 429. The molecule has 2 N–H and O–H groups in total. The minimum Gasteiger partial charge on any atom is -0.497 e. The van der Waals surface area contributed by atoms with Gasteiger partial charge in [0.25, 0.3) is 0 Å². The summed E-state index contributed by atoms with van der Waals surface area (Å²) >= 11 is 0. The Balaban J connectivity index is 3.36. The van der Waals surface area contributed by atoms with E-state index in [1.165, 1.54) is 27.4 Å². The van der Waals surface area contributed by atoms with E-state index in [0.717, 1.165) is 0 Å². The molecule has 1 aromatic carbocycles. The fraction of sp³-hybridized carbons (Fsp3) is 0.417. The maximum atomic E-state index is 10.9. The molecule has 0 aliphatic carbocycles. The largest absolute Gasteiger partial charge is 0.497 e. The summed E-state index contributed by atoms with van der Waals surface area (Å²) in [6.45, 7) is 0.222. The lowest BCUT2D eigenvalue weighted by atomic mass is 10.0. The first-order valence-corrected chi connectivity index (χ1v) is 5.19. The Morgan fingerprint density at radius 1 is 1.28 bits per heavy atom. The van der Waals surface area contributed by atoms with Gasteiger partial charge in [0.05, 0.1) is 20.8 Å². The molecular weight excluding hydrogens is 240 g/mol. The summed E-state index contributed by atoms with van der Waals surface area (Å²) in [5, 5.41) is 18.5. The van der Waals surface area contributed by atoms with E-state index in [1.54, 1.807) is 6.07 Å². The number of aliphatic hydroxyl groups excluding tert-OH is 1. The maximum Gasteiger partial charge on any atom is 0.337 e. The van der Waals surface area contributed by atoms with Gasteiger partial charge in [-0.3, -0.25) is 0 Å². The van der Waals surface area contributed by atoms with Crippen molar-refractivity contribution < 1.29 is 29.2 Å². The minimum absolute atomic E-state index is 0.136. The van der Waals surface area contributed by atoms with Gasteiger partial charge in [-0.15, -0.1) is 0 Å². The molecule has 6 heteroatoms. The van der Waals surface area contributed by atoms with Crippen LogP contribution in [0.2, 0.25) is 0 Å². The van der Waals surface area contributed by atoms with Crippen LogP contribution in [0.1, 0.15) is 17.2 Å². The van der Waals surface area contributed by atoms with Gasteiger partial charge in [0, 0.05) is 18.2 Å². The number of hydrogen-bond donors (Lipinski definition) is 2. The van der Waals surface area contributed by atoms with Crippen LogP contribution in [0, 0.1) is 0 Å². The van der Waals surface area contributed by atoms with Crippen molar-refractivity contribution in [3.63, 3.8) is 0 Å². The van der Waals surface area contributed by atoms with Crippen LogP contribution in [0.4, 0.5) is 0 Å². The van der Waals surface area contributed by atoms with Crippen molar-refractivity contribution in [2.45, 2.75) is 12.7 Å². The van der Waals surface area contributed by atoms with Gasteiger partial charge in [0.1, 0.15) is 11.5 Å². The number of benzene rings is 1. The Morgan fingerprint density at radius 3 is 2.39 bits per heavy atom. The number of carbonyl (C=O) groups is 1. The molecule has 0 saturated heterocycles. The smallest absolute Gasteiger partial charge is 0.337 e. The Kier molecular flexibility index (Phi) is 4.94. The average molecular weight is 256 g/mol. The van der Waals surface area contributed by atoms with E-state index in [0.29, 0.717) is 11.3 Å². The van der Waals surface area contributed by atoms with Crippen molar-refractivity contribution in [1.29, 1.82) is 0 Å². The molecule has 1 atom stereocenters. The quantitative estimate of drug-likeness (QED) is 0.788. The molecule has 0 aliphatic rings. The van der Waals surface area contributed by atoms with Crippen molar-refractivity contribution in [2.24, 2.45) is 0 Å². The van der Waals surface area contributed by atoms with Gasteiger partial charge < -0.3 is 24.4 Å². The highest BCUT2D eigenvalue weighted by atomic mass is 16.5. The van der Waals surface area contributed by atoms with Crippen molar-refractivity contribution in [1.82, 2.24) is 0 Å². The van der Waals surface area contributed by atoms with Gasteiger partial charge in [0.2, 0.25) is 0 Å². The van der Waals surface area contributed by atoms with Gasteiger partial charge in [-0.2, -0.15) is 0 Å². The molecule has 1 rings (SSSR count). The maximum absolute atomic E-state index is 10.9. The minimum atomic E-state index is -1.68. The number of carboxylic acid groups (broad SMARTS) is 1. The number of hydrogen-bond acceptors (Lipinski definition) is 5. The van der Waals surface area contributed by atoms with E-state index in [4.69, 9.17) is 19.3 Å². The van der Waals surface area contributed by atoms with Crippen LogP contribution in [0.25, 0.3) is 0 Å². The zero-order chi connectivity index (χ0) is 13.7. The topological polar surface area (TPSA) is 85.2 Å². The normalized spacial score (nSPS) is 12.0. The summed E-state index contributed by atoms with van der Waals surface area (Å²) in [6.07, 6.45) is -1.68. The lowest BCUT2D eigenvalue weighted by Gasteiger charge is -2.17. The lowest BCUT2D eigenvalue weighted by molar-refractivity contribution is -0.147. The van der Waals surface area contributed by atoms with Crippen LogP contribution in [-0.4, -0.2) is 37.5 Å². The van der Waals surface area contributed by atoms with Gasteiger partial charge in [-0.05, 0) is 12.1 Å².